The molecule has 0 aliphatic heterocycles. The predicted octanol–water partition coefficient (Wildman–Crippen LogP) is 10.4. The molecule has 308 valence electrons. The number of esters is 2. The van der Waals surface area contributed by atoms with Gasteiger partial charge in [-0.1, -0.05) is 80.7 Å². The Morgan fingerprint density at radius 2 is 1.21 bits per heavy atom. The average Bonchev–Trinajstić information content (AvgIpc) is 3.15. The summed E-state index contributed by atoms with van der Waals surface area (Å²) in [5.41, 5.74) is 6.82. The van der Waals surface area contributed by atoms with Crippen molar-refractivity contribution in [3.63, 3.8) is 0 Å². The van der Waals surface area contributed by atoms with Gasteiger partial charge in [0, 0.05) is 41.5 Å². The van der Waals surface area contributed by atoms with Crippen LogP contribution in [0.25, 0.3) is 0 Å². The maximum absolute atomic E-state index is 12.4. The summed E-state index contributed by atoms with van der Waals surface area (Å²) in [6.07, 6.45) is 12.8. The molecule has 0 aromatic heterocycles. The summed E-state index contributed by atoms with van der Waals surface area (Å²) in [6.45, 7) is 22.0. The van der Waals surface area contributed by atoms with E-state index < -0.39 is 11.9 Å². The molecule has 2 aromatic carbocycles. The van der Waals surface area contributed by atoms with Gasteiger partial charge in [0.05, 0.1) is 14.2 Å². The van der Waals surface area contributed by atoms with Crippen molar-refractivity contribution < 1.29 is 58.0 Å². The fraction of sp³-hybridized carbons (Fsp3) is 0.489. The Bertz CT molecular complexity index is 1890. The fourth-order valence-electron chi connectivity index (χ4n) is 7.80. The standard InChI is InChI=1S/C23H32O4.C21H28O4.C3H4B.V/c1-6-7-8-9-16-13-19(24)21(22(25)20(16)23(26)27-5)18-12-15(4)10-11-17(18)14(2)3;1-6-7-14-11-17(22)19(20(23)18(14)21(24)25-5)16-10-13(4)8-9-15(16)12(2)3;1-2-3-4;/h12-13,17-18,24-25H,2,6-11H2,1,3-5H3;10-11,15-16,22-23H,2,6-9H2,1,3-5H3;4H,1H3;/t17-,18+;15-,16+;;/m00../s1/i;;4D;. The molecule has 0 unspecified atom stereocenters. The minimum atomic E-state index is -0.578. The average molecular weight is 820 g/mol. The molecule has 10 heteroatoms. The van der Waals surface area contributed by atoms with Crippen LogP contribution in [0.3, 0.4) is 0 Å². The van der Waals surface area contributed by atoms with Crippen LogP contribution >= 0.6 is 0 Å². The number of ether oxygens (including phenoxy) is 2. The van der Waals surface area contributed by atoms with Crippen molar-refractivity contribution in [2.75, 3.05) is 14.2 Å². The van der Waals surface area contributed by atoms with Gasteiger partial charge in [-0.25, -0.2) is 9.59 Å². The van der Waals surface area contributed by atoms with Gasteiger partial charge in [0.1, 0.15) is 34.1 Å². The number of unbranched alkanes of at least 4 members (excludes halogenated alkanes) is 2. The third-order valence-corrected chi connectivity index (χ3v) is 10.7. The van der Waals surface area contributed by atoms with Gasteiger partial charge in [-0.15, -0.1) is 5.92 Å². The number of allylic oxidation sites excluding steroid dienone is 6. The minimum absolute atomic E-state index is 0. The Morgan fingerprint density at radius 3 is 1.53 bits per heavy atom. The Hall–Kier alpha value is -4.25. The third-order valence-electron chi connectivity index (χ3n) is 10.7. The van der Waals surface area contributed by atoms with E-state index in [2.05, 4.69) is 50.9 Å². The van der Waals surface area contributed by atoms with E-state index in [9.17, 15) is 30.0 Å². The second-order valence-electron chi connectivity index (χ2n) is 15.0. The van der Waals surface area contributed by atoms with Crippen LogP contribution < -0.4 is 0 Å². The maximum Gasteiger partial charge on any atom is 0.341 e. The van der Waals surface area contributed by atoms with E-state index in [1.165, 1.54) is 25.4 Å². The molecule has 4 atom stereocenters. The molecule has 4 N–H and O–H groups in total. The van der Waals surface area contributed by atoms with E-state index in [1.54, 1.807) is 19.1 Å². The van der Waals surface area contributed by atoms with E-state index >= 15 is 0 Å². The van der Waals surface area contributed by atoms with E-state index in [4.69, 9.17) is 10.8 Å². The van der Waals surface area contributed by atoms with Crippen LogP contribution in [0.5, 0.6) is 23.0 Å². The first kappa shape index (κ1) is 48.9. The fourth-order valence-corrected chi connectivity index (χ4v) is 7.80. The SMILES string of the molecule is C=C(C)[C@@H]1CCC(C)=C[C@H]1c1c(O)cc(CCC)c(C(=O)OC)c1O.C=C(C)[C@@H]1CCC(C)=C[C@H]1c1c(O)cc(CCCCC)c(C(=O)OC)c1O.[2H][B]C#CC.[V]. The molecule has 2 radical (unpaired) electrons. The zero-order valence-corrected chi connectivity index (χ0v) is 36.9. The summed E-state index contributed by atoms with van der Waals surface area (Å²) < 4.78 is 16.1. The number of aryl methyl sites for hydroxylation is 2. The number of rotatable bonds is 12. The summed E-state index contributed by atoms with van der Waals surface area (Å²) in [4.78, 5) is 24.7. The summed E-state index contributed by atoms with van der Waals surface area (Å²) in [7, 11) is 3.68. The van der Waals surface area contributed by atoms with Crippen molar-refractivity contribution in [1.29, 1.82) is 1.34 Å². The molecule has 8 nitrogen and oxygen atoms in total. The van der Waals surface area contributed by atoms with Gasteiger partial charge < -0.3 is 29.9 Å². The Morgan fingerprint density at radius 1 is 0.789 bits per heavy atom. The molecule has 57 heavy (non-hydrogen) atoms. The van der Waals surface area contributed by atoms with Crippen LogP contribution in [0.2, 0.25) is 0 Å². The Labute approximate surface area is 356 Å². The number of phenols is 4. The number of carbonyl (C=O) groups excluding carboxylic acids is 2. The van der Waals surface area contributed by atoms with E-state index in [-0.39, 0.29) is 76.4 Å². The van der Waals surface area contributed by atoms with Crippen LogP contribution in [-0.4, -0.2) is 55.7 Å². The van der Waals surface area contributed by atoms with E-state index in [0.717, 1.165) is 70.3 Å². The number of phenolic OH excluding ortho intramolecular Hbond substituents is 4. The van der Waals surface area contributed by atoms with Gasteiger partial charge in [0.25, 0.3) is 0 Å². The van der Waals surface area contributed by atoms with E-state index in [1.807, 2.05) is 27.7 Å². The quantitative estimate of drug-likeness (QED) is 0.0547. The second-order valence-corrected chi connectivity index (χ2v) is 15.0. The molecule has 0 amide bonds. The Balaban J connectivity index is 0.000000512. The molecule has 4 rings (SSSR count). The third kappa shape index (κ3) is 13.1. The smallest absolute Gasteiger partial charge is 0.341 e. The van der Waals surface area contributed by atoms with Crippen LogP contribution in [-0.2, 0) is 40.9 Å². The summed E-state index contributed by atoms with van der Waals surface area (Å²) in [5.74, 6) is 3.34. The summed E-state index contributed by atoms with van der Waals surface area (Å²) >= 11 is 0. The molecule has 2 aliphatic rings. The van der Waals surface area contributed by atoms with Crippen LogP contribution in [0.1, 0.15) is 155 Å². The van der Waals surface area contributed by atoms with E-state index in [0.29, 0.717) is 35.1 Å². The zero-order chi connectivity index (χ0) is 43.0. The molecule has 0 saturated carbocycles. The van der Waals surface area contributed by atoms with Gasteiger partial charge in [0.15, 0.2) is 7.81 Å². The summed E-state index contributed by atoms with van der Waals surface area (Å²) in [6, 6.07) is 3.22. The minimum Gasteiger partial charge on any atom is -0.507 e. The number of carbonyl (C=O) groups is 2. The van der Waals surface area contributed by atoms with Crippen molar-refractivity contribution in [2.24, 2.45) is 11.8 Å². The normalized spacial score (nSPS) is 18.4. The van der Waals surface area contributed by atoms with Gasteiger partial charge in [-0.3, -0.25) is 0 Å². The molecule has 0 saturated heterocycles. The van der Waals surface area contributed by atoms with Crippen molar-refractivity contribution in [1.82, 2.24) is 0 Å². The van der Waals surface area contributed by atoms with Gasteiger partial charge >= 0.3 is 11.9 Å². The van der Waals surface area contributed by atoms with Crippen molar-refractivity contribution in [3.8, 4) is 34.7 Å². The van der Waals surface area contributed by atoms with Crippen LogP contribution in [0.15, 0.2) is 59.7 Å². The number of aromatic hydroxyl groups is 4. The zero-order valence-electron chi connectivity index (χ0n) is 36.6. The maximum atomic E-state index is 12.4. The molecule has 0 heterocycles. The molecule has 0 bridgehead atoms. The van der Waals surface area contributed by atoms with Gasteiger partial charge in [-0.2, -0.15) is 5.82 Å². The molecular weight excluding hydrogens is 754 g/mol. The largest absolute Gasteiger partial charge is 0.507 e. The Kier molecular flexibility index (Phi) is 21.0. The first-order chi connectivity index (χ1) is 27.0. The topological polar surface area (TPSA) is 134 Å². The monoisotopic (exact) mass is 819 g/mol. The molecular formula is C47H64BO8V. The summed E-state index contributed by atoms with van der Waals surface area (Å²) in [5, 5.41) is 43.3. The second kappa shape index (κ2) is 24.5. The molecule has 2 aromatic rings. The number of hydrogen-bond donors (Lipinski definition) is 4. The number of benzene rings is 2. The number of methoxy groups -OCH3 is 2. The van der Waals surface area contributed by atoms with Crippen molar-refractivity contribution in [3.05, 3.63) is 93.1 Å². The molecule has 0 spiro atoms. The van der Waals surface area contributed by atoms with Crippen LogP contribution in [0, 0.1) is 23.6 Å². The predicted molar refractivity (Wildman–Crippen MR) is 228 cm³/mol. The van der Waals surface area contributed by atoms with Gasteiger partial charge in [0.2, 0.25) is 0 Å². The molecule has 2 aliphatic carbocycles. The van der Waals surface area contributed by atoms with Crippen molar-refractivity contribution >= 4 is 19.7 Å². The molecule has 0 fully saturated rings. The van der Waals surface area contributed by atoms with Gasteiger partial charge in [-0.05, 0) is 116 Å². The van der Waals surface area contributed by atoms with Crippen LogP contribution in [0.4, 0.5) is 0 Å². The number of hydrogen-bond acceptors (Lipinski definition) is 8. The first-order valence-corrected chi connectivity index (χ1v) is 19.6. The van der Waals surface area contributed by atoms with Crippen molar-refractivity contribution in [2.45, 2.75) is 125 Å². The first-order valence-electron chi connectivity index (χ1n) is 20.2.